The van der Waals surface area contributed by atoms with Crippen molar-refractivity contribution in [1.29, 1.82) is 0 Å². The molecule has 0 radical (unpaired) electrons. The van der Waals surface area contributed by atoms with E-state index in [4.69, 9.17) is 0 Å². The van der Waals surface area contributed by atoms with Gasteiger partial charge in [-0.3, -0.25) is 4.99 Å². The van der Waals surface area contributed by atoms with Gasteiger partial charge in [0, 0.05) is 44.3 Å². The van der Waals surface area contributed by atoms with Crippen molar-refractivity contribution in [2.75, 3.05) is 31.6 Å². The lowest BCUT2D eigenvalue weighted by Gasteiger charge is -2.31. The molecule has 138 valence electrons. The molecule has 2 aromatic carbocycles. The number of fused-ring (bicyclic) bond motifs is 1. The van der Waals surface area contributed by atoms with Gasteiger partial charge < -0.3 is 15.5 Å². The van der Waals surface area contributed by atoms with Crippen LogP contribution >= 0.6 is 24.0 Å². The summed E-state index contributed by atoms with van der Waals surface area (Å²) in [7, 11) is 1.86. The molecule has 1 saturated heterocycles. The molecule has 5 heteroatoms. The molecular formula is C21H27IN4. The number of hydrogen-bond acceptors (Lipinski definition) is 2. The molecule has 1 aliphatic carbocycles. The van der Waals surface area contributed by atoms with Gasteiger partial charge in [-0.25, -0.2) is 0 Å². The molecular weight excluding hydrogens is 435 g/mol. The first-order chi connectivity index (χ1) is 12.3. The number of anilines is 1. The number of nitrogens with one attached hydrogen (secondary N) is 2. The zero-order valence-electron chi connectivity index (χ0n) is 15.2. The first kappa shape index (κ1) is 19.0. The maximum atomic E-state index is 4.41. The first-order valence-corrected chi connectivity index (χ1v) is 9.18. The summed E-state index contributed by atoms with van der Waals surface area (Å²) in [4.78, 5) is 6.85. The number of rotatable bonds is 4. The van der Waals surface area contributed by atoms with Crippen LogP contribution in [-0.2, 0) is 6.42 Å². The van der Waals surface area contributed by atoms with Crippen LogP contribution in [0.2, 0.25) is 0 Å². The van der Waals surface area contributed by atoms with E-state index in [1.54, 1.807) is 0 Å². The van der Waals surface area contributed by atoms with E-state index in [0.717, 1.165) is 32.0 Å². The molecule has 0 amide bonds. The average molecular weight is 462 g/mol. The Morgan fingerprint density at radius 2 is 1.88 bits per heavy atom. The Hall–Kier alpha value is -1.76. The van der Waals surface area contributed by atoms with Crippen LogP contribution in [0, 0.1) is 0 Å². The number of guanidine groups is 1. The largest absolute Gasteiger partial charge is 0.369 e. The first-order valence-electron chi connectivity index (χ1n) is 9.18. The number of nitrogens with zero attached hydrogens (tertiary/aromatic N) is 2. The predicted molar refractivity (Wildman–Crippen MR) is 120 cm³/mol. The van der Waals surface area contributed by atoms with Crippen LogP contribution in [0.15, 0.2) is 59.6 Å². The van der Waals surface area contributed by atoms with Gasteiger partial charge in [-0.2, -0.15) is 0 Å². The zero-order valence-corrected chi connectivity index (χ0v) is 17.5. The van der Waals surface area contributed by atoms with Gasteiger partial charge in [-0.05, 0) is 36.1 Å². The van der Waals surface area contributed by atoms with E-state index >= 15 is 0 Å². The second-order valence-corrected chi connectivity index (χ2v) is 6.96. The zero-order chi connectivity index (χ0) is 17.1. The Labute approximate surface area is 173 Å². The normalized spacial score (nSPS) is 21.4. The summed E-state index contributed by atoms with van der Waals surface area (Å²) < 4.78 is 0. The smallest absolute Gasteiger partial charge is 0.191 e. The highest BCUT2D eigenvalue weighted by Gasteiger charge is 2.26. The molecule has 2 atom stereocenters. The van der Waals surface area contributed by atoms with Crippen LogP contribution in [0.3, 0.4) is 0 Å². The van der Waals surface area contributed by atoms with E-state index in [1.807, 2.05) is 7.05 Å². The number of aliphatic imine (C=N–C) groups is 1. The van der Waals surface area contributed by atoms with Crippen molar-refractivity contribution < 1.29 is 0 Å². The van der Waals surface area contributed by atoms with Crippen molar-refractivity contribution in [3.05, 3.63) is 65.7 Å². The van der Waals surface area contributed by atoms with E-state index in [-0.39, 0.29) is 24.0 Å². The number of benzene rings is 2. The third-order valence-corrected chi connectivity index (χ3v) is 5.35. The molecule has 0 aromatic heterocycles. The van der Waals surface area contributed by atoms with E-state index in [0.29, 0.717) is 12.0 Å². The summed E-state index contributed by atoms with van der Waals surface area (Å²) in [5, 5.41) is 7.10. The van der Waals surface area contributed by atoms with Crippen molar-refractivity contribution in [3.63, 3.8) is 0 Å². The molecule has 0 saturated carbocycles. The van der Waals surface area contributed by atoms with Crippen LogP contribution in [0.25, 0.3) is 0 Å². The minimum absolute atomic E-state index is 0. The molecule has 2 aromatic rings. The molecule has 1 aliphatic heterocycles. The lowest BCUT2D eigenvalue weighted by atomic mass is 9.78. The van der Waals surface area contributed by atoms with Gasteiger partial charge in [0.2, 0.25) is 0 Å². The van der Waals surface area contributed by atoms with E-state index < -0.39 is 0 Å². The molecule has 4 nitrogen and oxygen atoms in total. The second-order valence-electron chi connectivity index (χ2n) is 6.96. The average Bonchev–Trinajstić information content (AvgIpc) is 3.11. The van der Waals surface area contributed by atoms with Crippen LogP contribution in [0.1, 0.15) is 23.5 Å². The fourth-order valence-corrected chi connectivity index (χ4v) is 3.90. The minimum atomic E-state index is 0. The van der Waals surface area contributed by atoms with Gasteiger partial charge in [0.15, 0.2) is 5.96 Å². The number of hydrogen-bond donors (Lipinski definition) is 2. The van der Waals surface area contributed by atoms with Crippen molar-refractivity contribution in [2.45, 2.75) is 24.8 Å². The van der Waals surface area contributed by atoms with Crippen LogP contribution in [0.4, 0.5) is 5.69 Å². The lowest BCUT2D eigenvalue weighted by molar-refractivity contribution is 0.574. The van der Waals surface area contributed by atoms with Crippen LogP contribution in [-0.4, -0.2) is 38.7 Å². The predicted octanol–water partition coefficient (Wildman–Crippen LogP) is 3.39. The number of para-hydroxylation sites is 1. The van der Waals surface area contributed by atoms with E-state index in [1.165, 1.54) is 23.2 Å². The summed E-state index contributed by atoms with van der Waals surface area (Å²) >= 11 is 0. The Bertz CT molecular complexity index is 747. The Morgan fingerprint density at radius 1 is 1.12 bits per heavy atom. The Kier molecular flexibility index (Phi) is 6.40. The van der Waals surface area contributed by atoms with Gasteiger partial charge in [0.1, 0.15) is 0 Å². The monoisotopic (exact) mass is 462 g/mol. The molecule has 4 rings (SSSR count). The highest BCUT2D eigenvalue weighted by Crippen LogP contribution is 2.33. The van der Waals surface area contributed by atoms with Crippen molar-refractivity contribution in [2.24, 2.45) is 4.99 Å². The van der Waals surface area contributed by atoms with Gasteiger partial charge in [-0.1, -0.05) is 42.5 Å². The van der Waals surface area contributed by atoms with E-state index in [9.17, 15) is 0 Å². The Balaban J connectivity index is 0.00000196. The van der Waals surface area contributed by atoms with Crippen molar-refractivity contribution >= 4 is 35.6 Å². The highest BCUT2D eigenvalue weighted by atomic mass is 127. The van der Waals surface area contributed by atoms with Gasteiger partial charge in [0.25, 0.3) is 0 Å². The summed E-state index contributed by atoms with van der Waals surface area (Å²) in [6.07, 6.45) is 2.31. The van der Waals surface area contributed by atoms with Crippen LogP contribution < -0.4 is 15.5 Å². The summed E-state index contributed by atoms with van der Waals surface area (Å²) in [6, 6.07) is 19.8. The number of halogens is 1. The van der Waals surface area contributed by atoms with Crippen molar-refractivity contribution in [1.82, 2.24) is 10.6 Å². The van der Waals surface area contributed by atoms with Crippen molar-refractivity contribution in [3.8, 4) is 0 Å². The summed E-state index contributed by atoms with van der Waals surface area (Å²) in [5.41, 5.74) is 4.29. The molecule has 0 spiro atoms. The third kappa shape index (κ3) is 4.14. The molecule has 2 aliphatic rings. The quantitative estimate of drug-likeness (QED) is 0.416. The maximum absolute atomic E-state index is 4.41. The van der Waals surface area contributed by atoms with Crippen LogP contribution in [0.5, 0.6) is 0 Å². The third-order valence-electron chi connectivity index (χ3n) is 5.35. The maximum Gasteiger partial charge on any atom is 0.191 e. The highest BCUT2D eigenvalue weighted by molar-refractivity contribution is 14.0. The van der Waals surface area contributed by atoms with Gasteiger partial charge in [0.05, 0.1) is 0 Å². The minimum Gasteiger partial charge on any atom is -0.369 e. The van der Waals surface area contributed by atoms with Gasteiger partial charge in [-0.15, -0.1) is 24.0 Å². The lowest BCUT2D eigenvalue weighted by Crippen LogP contribution is -2.46. The fourth-order valence-electron chi connectivity index (χ4n) is 3.90. The van der Waals surface area contributed by atoms with Gasteiger partial charge >= 0.3 is 0 Å². The SMILES string of the molecule is CN=C(NCC1Cc2ccccc21)NC1CCN(c2ccccc2)C1.I. The molecule has 1 heterocycles. The molecule has 2 unspecified atom stereocenters. The topological polar surface area (TPSA) is 39.7 Å². The Morgan fingerprint density at radius 3 is 2.65 bits per heavy atom. The fraction of sp³-hybridized carbons (Fsp3) is 0.381. The standard InChI is InChI=1S/C21H26N4.HI/c1-22-21(23-14-17-13-16-7-5-6-10-20(16)17)24-18-11-12-25(15-18)19-8-3-2-4-9-19;/h2-10,17-18H,11-15H2,1H3,(H2,22,23,24);1H. The summed E-state index contributed by atoms with van der Waals surface area (Å²) in [6.45, 7) is 3.07. The molecule has 26 heavy (non-hydrogen) atoms. The molecule has 0 bridgehead atoms. The summed E-state index contributed by atoms with van der Waals surface area (Å²) in [5.74, 6) is 1.53. The molecule has 2 N–H and O–H groups in total. The second kappa shape index (κ2) is 8.75. The van der Waals surface area contributed by atoms with E-state index in [2.05, 4.69) is 75.1 Å². The molecule has 1 fully saturated rings.